The number of aryl methyl sites for hydroxylation is 1. The SMILES string of the molecule is Cc1ccc(NS(=O)(=O)c2ccc(NC(=O)C3CCN(S(=O)(=O)Cc4cccc(Cl)c4)CC3)cc2)cc1. The second-order valence-corrected chi connectivity index (χ2v) is 13.1. The number of benzene rings is 3. The van der Waals surface area contributed by atoms with Gasteiger partial charge in [0.2, 0.25) is 15.9 Å². The Hall–Kier alpha value is -2.92. The van der Waals surface area contributed by atoms with Gasteiger partial charge in [-0.3, -0.25) is 9.52 Å². The molecule has 0 unspecified atom stereocenters. The molecule has 1 aliphatic heterocycles. The molecule has 8 nitrogen and oxygen atoms in total. The van der Waals surface area contributed by atoms with Gasteiger partial charge in [-0.15, -0.1) is 0 Å². The van der Waals surface area contributed by atoms with Gasteiger partial charge in [-0.1, -0.05) is 41.4 Å². The molecule has 0 atom stereocenters. The normalized spacial score (nSPS) is 15.3. The Morgan fingerprint density at radius 1 is 0.919 bits per heavy atom. The first kappa shape index (κ1) is 27.1. The fraction of sp³-hybridized carbons (Fsp3) is 0.269. The van der Waals surface area contributed by atoms with Gasteiger partial charge in [0.25, 0.3) is 10.0 Å². The van der Waals surface area contributed by atoms with Gasteiger partial charge in [0.05, 0.1) is 10.6 Å². The van der Waals surface area contributed by atoms with Crippen molar-refractivity contribution in [2.24, 2.45) is 5.92 Å². The summed E-state index contributed by atoms with van der Waals surface area (Å²) in [6.45, 7) is 2.42. The summed E-state index contributed by atoms with van der Waals surface area (Å²) in [5, 5.41) is 3.29. The van der Waals surface area contributed by atoms with Gasteiger partial charge in [-0.05, 0) is 73.9 Å². The van der Waals surface area contributed by atoms with Gasteiger partial charge in [0, 0.05) is 35.4 Å². The Morgan fingerprint density at radius 2 is 1.54 bits per heavy atom. The molecule has 0 saturated carbocycles. The van der Waals surface area contributed by atoms with E-state index >= 15 is 0 Å². The molecule has 1 amide bonds. The molecule has 0 aromatic heterocycles. The molecule has 11 heteroatoms. The third-order valence-electron chi connectivity index (χ3n) is 6.19. The summed E-state index contributed by atoms with van der Waals surface area (Å²) in [6, 6.07) is 19.7. The van der Waals surface area contributed by atoms with E-state index in [9.17, 15) is 21.6 Å². The van der Waals surface area contributed by atoms with Crippen molar-refractivity contribution in [1.29, 1.82) is 0 Å². The van der Waals surface area contributed by atoms with E-state index < -0.39 is 20.0 Å². The molecule has 37 heavy (non-hydrogen) atoms. The Balaban J connectivity index is 1.31. The Kier molecular flexibility index (Phi) is 8.23. The first-order valence-electron chi connectivity index (χ1n) is 11.7. The van der Waals surface area contributed by atoms with Crippen molar-refractivity contribution in [3.63, 3.8) is 0 Å². The molecule has 2 N–H and O–H groups in total. The zero-order valence-corrected chi connectivity index (χ0v) is 22.6. The number of halogens is 1. The summed E-state index contributed by atoms with van der Waals surface area (Å²) < 4.78 is 54.9. The minimum atomic E-state index is -3.77. The van der Waals surface area contributed by atoms with Gasteiger partial charge in [-0.2, -0.15) is 0 Å². The van der Waals surface area contributed by atoms with Crippen molar-refractivity contribution in [2.75, 3.05) is 23.1 Å². The average molecular weight is 562 g/mol. The van der Waals surface area contributed by atoms with Gasteiger partial charge in [0.15, 0.2) is 0 Å². The van der Waals surface area contributed by atoms with Crippen molar-refractivity contribution in [3.05, 3.63) is 88.9 Å². The summed E-state index contributed by atoms with van der Waals surface area (Å²) >= 11 is 5.96. The van der Waals surface area contributed by atoms with Crippen molar-refractivity contribution in [3.8, 4) is 0 Å². The monoisotopic (exact) mass is 561 g/mol. The topological polar surface area (TPSA) is 113 Å². The lowest BCUT2D eigenvalue weighted by atomic mass is 9.97. The van der Waals surface area contributed by atoms with Crippen LogP contribution in [-0.4, -0.2) is 40.1 Å². The Morgan fingerprint density at radius 3 is 2.16 bits per heavy atom. The summed E-state index contributed by atoms with van der Waals surface area (Å²) in [5.41, 5.74) is 2.57. The molecular formula is C26H28ClN3O5S2. The van der Waals surface area contributed by atoms with Crippen molar-refractivity contribution in [2.45, 2.75) is 30.4 Å². The summed E-state index contributed by atoms with van der Waals surface area (Å²) in [6.07, 6.45) is 0.793. The zero-order valence-electron chi connectivity index (χ0n) is 20.2. The van der Waals surface area contributed by atoms with E-state index in [0.29, 0.717) is 34.8 Å². The lowest BCUT2D eigenvalue weighted by Gasteiger charge is -2.30. The van der Waals surface area contributed by atoms with Crippen LogP contribution >= 0.6 is 11.6 Å². The van der Waals surface area contributed by atoms with Gasteiger partial charge in [0.1, 0.15) is 0 Å². The van der Waals surface area contributed by atoms with Crippen LogP contribution in [0.2, 0.25) is 5.02 Å². The van der Waals surface area contributed by atoms with Crippen LogP contribution < -0.4 is 10.0 Å². The lowest BCUT2D eigenvalue weighted by Crippen LogP contribution is -2.41. The molecule has 196 valence electrons. The molecule has 3 aromatic rings. The number of nitrogens with zero attached hydrogens (tertiary/aromatic N) is 1. The second kappa shape index (κ2) is 11.2. The number of piperidine rings is 1. The quantitative estimate of drug-likeness (QED) is 0.416. The standard InChI is InChI=1S/C26H28ClN3O5S2/c1-19-5-7-24(8-6-19)29-37(34,35)25-11-9-23(10-12-25)28-26(31)21-13-15-30(16-14-21)36(32,33)18-20-3-2-4-22(27)17-20/h2-12,17,21,29H,13-16,18H2,1H3,(H,28,31). The van der Waals surface area contributed by atoms with Crippen LogP contribution in [0.4, 0.5) is 11.4 Å². The van der Waals surface area contributed by atoms with Crippen molar-refractivity contribution >= 4 is 48.9 Å². The van der Waals surface area contributed by atoms with E-state index in [1.54, 1.807) is 36.4 Å². The maximum atomic E-state index is 12.8. The number of rotatable bonds is 8. The predicted octanol–water partition coefficient (Wildman–Crippen LogP) is 4.63. The van der Waals surface area contributed by atoms with E-state index in [-0.39, 0.29) is 35.6 Å². The van der Waals surface area contributed by atoms with Crippen LogP contribution in [0.25, 0.3) is 0 Å². The summed E-state index contributed by atoms with van der Waals surface area (Å²) in [4.78, 5) is 12.9. The number of carbonyl (C=O) groups excluding carboxylic acids is 1. The highest BCUT2D eigenvalue weighted by Crippen LogP contribution is 2.25. The third-order valence-corrected chi connectivity index (χ3v) is 9.67. The molecule has 3 aromatic carbocycles. The number of hydrogen-bond acceptors (Lipinski definition) is 5. The van der Waals surface area contributed by atoms with E-state index in [1.807, 2.05) is 19.1 Å². The van der Waals surface area contributed by atoms with Gasteiger partial charge < -0.3 is 5.32 Å². The van der Waals surface area contributed by atoms with Crippen LogP contribution in [0.15, 0.2) is 77.7 Å². The molecule has 1 aliphatic rings. The highest BCUT2D eigenvalue weighted by atomic mass is 35.5. The maximum absolute atomic E-state index is 12.8. The fourth-order valence-corrected chi connectivity index (χ4v) is 6.94. The van der Waals surface area contributed by atoms with E-state index in [1.165, 1.54) is 28.6 Å². The molecule has 0 spiro atoms. The third kappa shape index (κ3) is 7.10. The highest BCUT2D eigenvalue weighted by molar-refractivity contribution is 7.92. The summed E-state index contributed by atoms with van der Waals surface area (Å²) in [5.74, 6) is -0.706. The van der Waals surface area contributed by atoms with Crippen molar-refractivity contribution < 1.29 is 21.6 Å². The number of sulfonamides is 2. The van der Waals surface area contributed by atoms with Crippen LogP contribution in [0.5, 0.6) is 0 Å². The smallest absolute Gasteiger partial charge is 0.261 e. The minimum Gasteiger partial charge on any atom is -0.326 e. The maximum Gasteiger partial charge on any atom is 0.261 e. The number of nitrogens with one attached hydrogen (secondary N) is 2. The van der Waals surface area contributed by atoms with E-state index in [0.717, 1.165) is 5.56 Å². The second-order valence-electron chi connectivity index (χ2n) is 9.04. The summed E-state index contributed by atoms with van der Waals surface area (Å²) in [7, 11) is -7.29. The largest absolute Gasteiger partial charge is 0.326 e. The van der Waals surface area contributed by atoms with Gasteiger partial charge >= 0.3 is 0 Å². The molecule has 4 rings (SSSR count). The average Bonchev–Trinajstić information content (AvgIpc) is 2.85. The predicted molar refractivity (Wildman–Crippen MR) is 145 cm³/mol. The first-order valence-corrected chi connectivity index (χ1v) is 15.2. The van der Waals surface area contributed by atoms with Crippen molar-refractivity contribution in [1.82, 2.24) is 4.31 Å². The Bertz CT molecular complexity index is 1470. The first-order chi connectivity index (χ1) is 17.5. The zero-order chi connectivity index (χ0) is 26.6. The molecule has 0 radical (unpaired) electrons. The number of hydrogen-bond donors (Lipinski definition) is 2. The number of amides is 1. The molecule has 1 saturated heterocycles. The van der Waals surface area contributed by atoms with Crippen LogP contribution in [0, 0.1) is 12.8 Å². The van der Waals surface area contributed by atoms with E-state index in [2.05, 4.69) is 10.0 Å². The number of carbonyl (C=O) groups is 1. The van der Waals surface area contributed by atoms with Crippen LogP contribution in [-0.2, 0) is 30.6 Å². The van der Waals surface area contributed by atoms with Gasteiger partial charge in [-0.25, -0.2) is 21.1 Å². The van der Waals surface area contributed by atoms with E-state index in [4.69, 9.17) is 11.6 Å². The molecule has 0 bridgehead atoms. The Labute approximate surface area is 222 Å². The number of anilines is 2. The lowest BCUT2D eigenvalue weighted by molar-refractivity contribution is -0.120. The minimum absolute atomic E-state index is 0.0734. The molecule has 1 heterocycles. The van der Waals surface area contributed by atoms with Crippen LogP contribution in [0.3, 0.4) is 0 Å². The molecular weight excluding hydrogens is 534 g/mol. The molecule has 0 aliphatic carbocycles. The van der Waals surface area contributed by atoms with Crippen LogP contribution in [0.1, 0.15) is 24.0 Å². The molecule has 1 fully saturated rings. The fourth-order valence-electron chi connectivity index (χ4n) is 4.12. The highest BCUT2D eigenvalue weighted by Gasteiger charge is 2.31.